The van der Waals surface area contributed by atoms with Crippen molar-refractivity contribution in [3.8, 4) is 0 Å². The van der Waals surface area contributed by atoms with Crippen LogP contribution in [0.15, 0.2) is 12.2 Å². The van der Waals surface area contributed by atoms with E-state index in [9.17, 15) is 0 Å². The molecule has 1 N–H and O–H groups in total. The molecule has 84 valence electrons. The molecule has 0 heterocycles. The fraction of sp³-hybridized carbons (Fsp3) is 0.818. The van der Waals surface area contributed by atoms with Crippen LogP contribution in [-0.2, 0) is 9.47 Å². The molecule has 0 amide bonds. The highest BCUT2D eigenvalue weighted by molar-refractivity contribution is 4.79. The van der Waals surface area contributed by atoms with Crippen LogP contribution in [0.25, 0.3) is 0 Å². The molecule has 0 rings (SSSR count). The lowest BCUT2D eigenvalue weighted by atomic mass is 10.2. The topological polar surface area (TPSA) is 38.7 Å². The normalized spacial score (nSPS) is 11.3. The third-order valence-corrected chi connectivity index (χ3v) is 1.80. The number of aliphatic hydroxyl groups excluding tert-OH is 1. The molecule has 0 bridgehead atoms. The zero-order valence-corrected chi connectivity index (χ0v) is 9.08. The summed E-state index contributed by atoms with van der Waals surface area (Å²) < 4.78 is 10.4. The lowest BCUT2D eigenvalue weighted by Crippen LogP contribution is -2.01. The third kappa shape index (κ3) is 11.6. The van der Waals surface area contributed by atoms with Crippen LogP contribution >= 0.6 is 0 Å². The van der Waals surface area contributed by atoms with E-state index < -0.39 is 0 Å². The molecule has 3 nitrogen and oxygen atoms in total. The standard InChI is InChI=1S/C11H22O3/c1-2-3-4-6-9-13-11-14-10-7-5-8-12/h5,7,12H,2-4,6,8-11H2,1H3. The van der Waals surface area contributed by atoms with Crippen molar-refractivity contribution in [2.45, 2.75) is 32.6 Å². The van der Waals surface area contributed by atoms with Gasteiger partial charge in [-0.05, 0) is 6.42 Å². The summed E-state index contributed by atoms with van der Waals surface area (Å²) in [6.07, 6.45) is 8.32. The van der Waals surface area contributed by atoms with Crippen LogP contribution in [0.3, 0.4) is 0 Å². The van der Waals surface area contributed by atoms with Crippen LogP contribution in [0.5, 0.6) is 0 Å². The third-order valence-electron chi connectivity index (χ3n) is 1.80. The molecule has 0 spiro atoms. The monoisotopic (exact) mass is 202 g/mol. The molecule has 3 heteroatoms. The van der Waals surface area contributed by atoms with Gasteiger partial charge in [-0.3, -0.25) is 0 Å². The number of hydrogen-bond donors (Lipinski definition) is 1. The lowest BCUT2D eigenvalue weighted by molar-refractivity contribution is -0.0449. The molecule has 14 heavy (non-hydrogen) atoms. The summed E-state index contributed by atoms with van der Waals surface area (Å²) in [5.41, 5.74) is 0. The number of rotatable bonds is 10. The first-order valence-corrected chi connectivity index (χ1v) is 5.33. The molecule has 0 aromatic rings. The van der Waals surface area contributed by atoms with Crippen molar-refractivity contribution in [3.63, 3.8) is 0 Å². The minimum Gasteiger partial charge on any atom is -0.392 e. The molecule has 0 atom stereocenters. The van der Waals surface area contributed by atoms with Gasteiger partial charge < -0.3 is 14.6 Å². The fourth-order valence-electron chi connectivity index (χ4n) is 1.01. The van der Waals surface area contributed by atoms with E-state index in [-0.39, 0.29) is 6.61 Å². The van der Waals surface area contributed by atoms with E-state index in [1.807, 2.05) is 0 Å². The minimum absolute atomic E-state index is 0.0707. The molecule has 0 aliphatic rings. The molecule has 0 saturated carbocycles. The van der Waals surface area contributed by atoms with Crippen molar-refractivity contribution in [2.24, 2.45) is 0 Å². The number of unbranched alkanes of at least 4 members (excludes halogenated alkanes) is 3. The zero-order chi connectivity index (χ0) is 10.5. The molecule has 0 saturated heterocycles. The highest BCUT2D eigenvalue weighted by atomic mass is 16.7. The van der Waals surface area contributed by atoms with Crippen LogP contribution in [0.2, 0.25) is 0 Å². The van der Waals surface area contributed by atoms with Gasteiger partial charge in [0.1, 0.15) is 6.79 Å². The summed E-state index contributed by atoms with van der Waals surface area (Å²) >= 11 is 0. The molecule has 0 aromatic carbocycles. The van der Waals surface area contributed by atoms with E-state index >= 15 is 0 Å². The van der Waals surface area contributed by atoms with Gasteiger partial charge in [0.25, 0.3) is 0 Å². The SMILES string of the molecule is CCCCCCOCOCC=CCO. The average molecular weight is 202 g/mol. The highest BCUT2D eigenvalue weighted by Gasteiger charge is 1.88. The second kappa shape index (κ2) is 12.6. The number of ether oxygens (including phenoxy) is 2. The van der Waals surface area contributed by atoms with Gasteiger partial charge in [-0.25, -0.2) is 0 Å². The first-order chi connectivity index (χ1) is 6.91. The van der Waals surface area contributed by atoms with E-state index in [1.54, 1.807) is 12.2 Å². The van der Waals surface area contributed by atoms with E-state index in [2.05, 4.69) is 6.92 Å². The van der Waals surface area contributed by atoms with E-state index in [0.29, 0.717) is 13.4 Å². The molecular formula is C11H22O3. The Balaban J connectivity index is 2.88. The van der Waals surface area contributed by atoms with E-state index in [4.69, 9.17) is 14.6 Å². The van der Waals surface area contributed by atoms with Gasteiger partial charge in [0, 0.05) is 6.61 Å². The number of aliphatic hydroxyl groups is 1. The van der Waals surface area contributed by atoms with Crippen molar-refractivity contribution in [3.05, 3.63) is 12.2 Å². The summed E-state index contributed by atoms with van der Waals surface area (Å²) in [4.78, 5) is 0. The van der Waals surface area contributed by atoms with Crippen molar-refractivity contribution in [1.29, 1.82) is 0 Å². The van der Waals surface area contributed by atoms with Crippen molar-refractivity contribution in [1.82, 2.24) is 0 Å². The Bertz CT molecular complexity index is 124. The molecule has 0 aliphatic carbocycles. The molecule has 0 aromatic heterocycles. The quantitative estimate of drug-likeness (QED) is 0.335. The second-order valence-electron chi connectivity index (χ2n) is 3.11. The largest absolute Gasteiger partial charge is 0.392 e. The predicted molar refractivity (Wildman–Crippen MR) is 57.1 cm³/mol. The van der Waals surface area contributed by atoms with E-state index in [1.165, 1.54) is 19.3 Å². The van der Waals surface area contributed by atoms with Gasteiger partial charge in [0.15, 0.2) is 0 Å². The molecule has 0 fully saturated rings. The summed E-state index contributed by atoms with van der Waals surface area (Å²) in [6, 6.07) is 0. The summed E-state index contributed by atoms with van der Waals surface area (Å²) in [6.45, 7) is 3.90. The minimum atomic E-state index is 0.0707. The molecule has 0 aliphatic heterocycles. The number of hydrogen-bond acceptors (Lipinski definition) is 3. The summed E-state index contributed by atoms with van der Waals surface area (Å²) in [5.74, 6) is 0. The Morgan fingerprint density at radius 3 is 2.64 bits per heavy atom. The zero-order valence-electron chi connectivity index (χ0n) is 9.08. The first kappa shape index (κ1) is 13.6. The molecule has 0 unspecified atom stereocenters. The van der Waals surface area contributed by atoms with Crippen LogP contribution in [0.1, 0.15) is 32.6 Å². The van der Waals surface area contributed by atoms with Gasteiger partial charge in [-0.2, -0.15) is 0 Å². The first-order valence-electron chi connectivity index (χ1n) is 5.33. The van der Waals surface area contributed by atoms with E-state index in [0.717, 1.165) is 13.0 Å². The van der Waals surface area contributed by atoms with Gasteiger partial charge >= 0.3 is 0 Å². The Morgan fingerprint density at radius 2 is 1.93 bits per heavy atom. The van der Waals surface area contributed by atoms with Gasteiger partial charge in [0.05, 0.1) is 13.2 Å². The Kier molecular flexibility index (Phi) is 12.3. The van der Waals surface area contributed by atoms with Crippen LogP contribution in [0.4, 0.5) is 0 Å². The summed E-state index contributed by atoms with van der Waals surface area (Å²) in [7, 11) is 0. The smallest absolute Gasteiger partial charge is 0.147 e. The van der Waals surface area contributed by atoms with Gasteiger partial charge in [-0.1, -0.05) is 38.3 Å². The predicted octanol–water partition coefficient (Wildman–Crippen LogP) is 2.11. The Morgan fingerprint density at radius 1 is 1.07 bits per heavy atom. The van der Waals surface area contributed by atoms with Crippen molar-refractivity contribution in [2.75, 3.05) is 26.6 Å². The average Bonchev–Trinajstić information content (AvgIpc) is 2.21. The Hall–Kier alpha value is -0.380. The van der Waals surface area contributed by atoms with Crippen molar-refractivity contribution >= 4 is 0 Å². The van der Waals surface area contributed by atoms with Gasteiger partial charge in [0.2, 0.25) is 0 Å². The van der Waals surface area contributed by atoms with Crippen LogP contribution in [0, 0.1) is 0 Å². The summed E-state index contributed by atoms with van der Waals surface area (Å²) in [5, 5.41) is 8.42. The maximum absolute atomic E-state index is 8.42. The van der Waals surface area contributed by atoms with Crippen LogP contribution in [-0.4, -0.2) is 31.7 Å². The Labute approximate surface area is 86.7 Å². The van der Waals surface area contributed by atoms with Crippen LogP contribution < -0.4 is 0 Å². The second-order valence-corrected chi connectivity index (χ2v) is 3.11. The highest BCUT2D eigenvalue weighted by Crippen LogP contribution is 1.98. The van der Waals surface area contributed by atoms with Gasteiger partial charge in [-0.15, -0.1) is 0 Å². The molecule has 0 radical (unpaired) electrons. The maximum Gasteiger partial charge on any atom is 0.147 e. The molecular weight excluding hydrogens is 180 g/mol. The lowest BCUT2D eigenvalue weighted by Gasteiger charge is -2.03. The maximum atomic E-state index is 8.42. The fourth-order valence-corrected chi connectivity index (χ4v) is 1.01. The van der Waals surface area contributed by atoms with Crippen molar-refractivity contribution < 1.29 is 14.6 Å².